The Morgan fingerprint density at radius 2 is 2.07 bits per heavy atom. The molecule has 0 radical (unpaired) electrons. The molecule has 1 aromatic carbocycles. The number of unbranched alkanes of at least 4 members (excludes halogenated alkanes) is 2. The minimum absolute atomic E-state index is 0.0350. The Hall–Kier alpha value is -2.06. The maximum atomic E-state index is 12.2. The van der Waals surface area contributed by atoms with Gasteiger partial charge in [-0.1, -0.05) is 43.7 Å². The van der Waals surface area contributed by atoms with Gasteiger partial charge in [-0.25, -0.2) is 0 Å². The van der Waals surface area contributed by atoms with Crippen molar-refractivity contribution in [1.82, 2.24) is 20.1 Å². The van der Waals surface area contributed by atoms with Crippen LogP contribution in [0.1, 0.15) is 31.7 Å². The summed E-state index contributed by atoms with van der Waals surface area (Å²) in [6, 6.07) is 8.26. The van der Waals surface area contributed by atoms with Crippen LogP contribution in [0, 0.1) is 6.92 Å². The summed E-state index contributed by atoms with van der Waals surface area (Å²) in [4.78, 5) is 14.4. The summed E-state index contributed by atoms with van der Waals surface area (Å²) >= 11 is 1.42. The van der Waals surface area contributed by atoms with E-state index >= 15 is 0 Å². The van der Waals surface area contributed by atoms with Gasteiger partial charge in [0.25, 0.3) is 0 Å². The van der Waals surface area contributed by atoms with Crippen molar-refractivity contribution in [2.45, 2.75) is 38.3 Å². The number of aromatic nitrogens is 3. The molecule has 0 spiro atoms. The van der Waals surface area contributed by atoms with Crippen molar-refractivity contribution >= 4 is 23.6 Å². The second-order valence-corrected chi connectivity index (χ2v) is 7.84. The van der Waals surface area contributed by atoms with Crippen LogP contribution in [-0.4, -0.2) is 59.3 Å². The van der Waals surface area contributed by atoms with Gasteiger partial charge in [-0.3, -0.25) is 9.36 Å². The first kappa shape index (κ1) is 20.7. The average molecular weight is 404 g/mol. The van der Waals surface area contributed by atoms with E-state index in [1.807, 2.05) is 10.6 Å². The lowest BCUT2D eigenvalue weighted by Gasteiger charge is -2.28. The number of thioether (sulfide) groups is 1. The molecule has 28 heavy (non-hydrogen) atoms. The van der Waals surface area contributed by atoms with E-state index in [4.69, 9.17) is 4.74 Å². The topological polar surface area (TPSA) is 72.3 Å². The van der Waals surface area contributed by atoms with Gasteiger partial charge in [0.2, 0.25) is 11.9 Å². The third-order valence-electron chi connectivity index (χ3n) is 4.60. The molecule has 0 atom stereocenters. The number of amides is 1. The number of carbonyl (C=O) groups is 1. The Morgan fingerprint density at radius 1 is 1.25 bits per heavy atom. The third kappa shape index (κ3) is 5.48. The molecule has 1 fully saturated rings. The molecule has 2 heterocycles. The molecule has 2 aromatic rings. The fourth-order valence-corrected chi connectivity index (χ4v) is 3.88. The van der Waals surface area contributed by atoms with E-state index in [-0.39, 0.29) is 5.91 Å². The number of hydrogen-bond donors (Lipinski definition) is 1. The number of morpholine rings is 1. The highest BCUT2D eigenvalue weighted by atomic mass is 32.2. The Labute approximate surface area is 170 Å². The molecule has 1 N–H and O–H groups in total. The lowest BCUT2D eigenvalue weighted by molar-refractivity contribution is -0.118. The Morgan fingerprint density at radius 3 is 2.82 bits per heavy atom. The van der Waals surface area contributed by atoms with Gasteiger partial charge < -0.3 is 15.0 Å². The van der Waals surface area contributed by atoms with Crippen molar-refractivity contribution in [1.29, 1.82) is 0 Å². The molecule has 3 rings (SSSR count). The number of ether oxygens (including phenoxy) is 1. The summed E-state index contributed by atoms with van der Waals surface area (Å²) in [5, 5.41) is 12.5. The van der Waals surface area contributed by atoms with Crippen LogP contribution in [0.15, 0.2) is 29.4 Å². The van der Waals surface area contributed by atoms with Crippen molar-refractivity contribution in [3.63, 3.8) is 0 Å². The quantitative estimate of drug-likeness (QED) is 0.513. The lowest BCUT2D eigenvalue weighted by Crippen LogP contribution is -2.37. The second-order valence-electron chi connectivity index (χ2n) is 6.90. The third-order valence-corrected chi connectivity index (χ3v) is 5.53. The summed E-state index contributed by atoms with van der Waals surface area (Å²) in [6.07, 6.45) is 3.31. The SMILES string of the molecule is CCCCCNC(=O)CSc1nnc(N2CCOCC2)n1-c1cccc(C)c1. The molecule has 0 saturated carbocycles. The zero-order valence-corrected chi connectivity index (χ0v) is 17.5. The van der Waals surface area contributed by atoms with E-state index in [0.717, 1.165) is 55.7 Å². The van der Waals surface area contributed by atoms with Crippen molar-refractivity contribution in [2.75, 3.05) is 43.5 Å². The number of nitrogens with one attached hydrogen (secondary N) is 1. The highest BCUT2D eigenvalue weighted by molar-refractivity contribution is 7.99. The average Bonchev–Trinajstić information content (AvgIpc) is 3.14. The number of carbonyl (C=O) groups excluding carboxylic acids is 1. The number of anilines is 1. The predicted octanol–water partition coefficient (Wildman–Crippen LogP) is 2.81. The maximum absolute atomic E-state index is 12.2. The van der Waals surface area contributed by atoms with E-state index in [9.17, 15) is 4.79 Å². The molecule has 8 heteroatoms. The van der Waals surface area contributed by atoms with E-state index in [0.29, 0.717) is 19.0 Å². The van der Waals surface area contributed by atoms with Gasteiger partial charge in [0.1, 0.15) is 0 Å². The molecule has 1 aliphatic heterocycles. The van der Waals surface area contributed by atoms with E-state index in [2.05, 4.69) is 52.5 Å². The molecule has 0 aliphatic carbocycles. The predicted molar refractivity (Wildman–Crippen MR) is 112 cm³/mol. The molecule has 1 saturated heterocycles. The van der Waals surface area contributed by atoms with Gasteiger partial charge in [0, 0.05) is 19.6 Å². The second kappa shape index (κ2) is 10.5. The van der Waals surface area contributed by atoms with Gasteiger partial charge in [0.05, 0.1) is 24.7 Å². The summed E-state index contributed by atoms with van der Waals surface area (Å²) in [5.74, 6) is 1.17. The van der Waals surface area contributed by atoms with Gasteiger partial charge in [-0.2, -0.15) is 0 Å². The largest absolute Gasteiger partial charge is 0.378 e. The van der Waals surface area contributed by atoms with Crippen LogP contribution in [0.2, 0.25) is 0 Å². The van der Waals surface area contributed by atoms with Gasteiger partial charge >= 0.3 is 0 Å². The van der Waals surface area contributed by atoms with Crippen LogP contribution >= 0.6 is 11.8 Å². The zero-order chi connectivity index (χ0) is 19.8. The fourth-order valence-electron chi connectivity index (χ4n) is 3.10. The molecule has 1 amide bonds. The van der Waals surface area contributed by atoms with Crippen molar-refractivity contribution in [3.05, 3.63) is 29.8 Å². The standard InChI is InChI=1S/C20H29N5O2S/c1-3-4-5-9-21-18(26)15-28-20-23-22-19(24-10-12-27-13-11-24)25(20)17-8-6-7-16(2)14-17/h6-8,14H,3-5,9-13,15H2,1-2H3,(H,21,26). The van der Waals surface area contributed by atoms with E-state index in [1.54, 1.807) is 0 Å². The number of nitrogens with zero attached hydrogens (tertiary/aromatic N) is 4. The minimum Gasteiger partial charge on any atom is -0.378 e. The molecular formula is C20H29N5O2S. The Balaban J connectivity index is 1.75. The highest BCUT2D eigenvalue weighted by Crippen LogP contribution is 2.27. The van der Waals surface area contributed by atoms with Gasteiger partial charge in [-0.15, -0.1) is 10.2 Å². The summed E-state index contributed by atoms with van der Waals surface area (Å²) in [7, 11) is 0. The lowest BCUT2D eigenvalue weighted by atomic mass is 10.2. The van der Waals surface area contributed by atoms with Crippen LogP contribution < -0.4 is 10.2 Å². The highest BCUT2D eigenvalue weighted by Gasteiger charge is 2.22. The number of benzene rings is 1. The van der Waals surface area contributed by atoms with Crippen LogP contribution in [0.25, 0.3) is 5.69 Å². The molecular weight excluding hydrogens is 374 g/mol. The fraction of sp³-hybridized carbons (Fsp3) is 0.550. The summed E-state index contributed by atoms with van der Waals surface area (Å²) < 4.78 is 7.52. The van der Waals surface area contributed by atoms with Crippen LogP contribution in [0.3, 0.4) is 0 Å². The Bertz CT molecular complexity index is 774. The minimum atomic E-state index is 0.0350. The molecule has 1 aromatic heterocycles. The van der Waals surface area contributed by atoms with Crippen LogP contribution in [-0.2, 0) is 9.53 Å². The first-order chi connectivity index (χ1) is 13.7. The number of rotatable bonds is 9. The van der Waals surface area contributed by atoms with Crippen molar-refractivity contribution < 1.29 is 9.53 Å². The number of aryl methyl sites for hydroxylation is 1. The summed E-state index contributed by atoms with van der Waals surface area (Å²) in [6.45, 7) is 7.89. The van der Waals surface area contributed by atoms with Gasteiger partial charge in [-0.05, 0) is 31.0 Å². The normalized spacial score (nSPS) is 14.3. The Kier molecular flexibility index (Phi) is 7.73. The van der Waals surface area contributed by atoms with E-state index < -0.39 is 0 Å². The van der Waals surface area contributed by atoms with E-state index in [1.165, 1.54) is 17.3 Å². The molecule has 7 nitrogen and oxygen atoms in total. The van der Waals surface area contributed by atoms with Gasteiger partial charge in [0.15, 0.2) is 5.16 Å². The maximum Gasteiger partial charge on any atom is 0.232 e. The molecule has 1 aliphatic rings. The molecule has 152 valence electrons. The molecule has 0 bridgehead atoms. The van der Waals surface area contributed by atoms with Crippen molar-refractivity contribution in [3.8, 4) is 5.69 Å². The van der Waals surface area contributed by atoms with Crippen LogP contribution in [0.5, 0.6) is 0 Å². The monoisotopic (exact) mass is 403 g/mol. The van der Waals surface area contributed by atoms with Crippen LogP contribution in [0.4, 0.5) is 5.95 Å². The number of hydrogen-bond acceptors (Lipinski definition) is 6. The van der Waals surface area contributed by atoms with Crippen molar-refractivity contribution in [2.24, 2.45) is 0 Å². The first-order valence-electron chi connectivity index (χ1n) is 9.93. The first-order valence-corrected chi connectivity index (χ1v) is 10.9. The zero-order valence-electron chi connectivity index (χ0n) is 16.7. The smallest absolute Gasteiger partial charge is 0.232 e. The molecule has 0 unspecified atom stereocenters. The summed E-state index contributed by atoms with van der Waals surface area (Å²) in [5.41, 5.74) is 2.18.